The summed E-state index contributed by atoms with van der Waals surface area (Å²) in [6.07, 6.45) is 1.31. The number of hydrogen-bond acceptors (Lipinski definition) is 4. The van der Waals surface area contributed by atoms with E-state index in [4.69, 9.17) is 11.6 Å². The van der Waals surface area contributed by atoms with Crippen molar-refractivity contribution < 1.29 is 19.5 Å². The van der Waals surface area contributed by atoms with Crippen molar-refractivity contribution in [3.63, 3.8) is 0 Å². The fourth-order valence-electron chi connectivity index (χ4n) is 2.58. The van der Waals surface area contributed by atoms with Gasteiger partial charge in [0.25, 0.3) is 5.91 Å². The van der Waals surface area contributed by atoms with Crippen molar-refractivity contribution in [3.8, 4) is 5.75 Å². The molecule has 2 aromatic carbocycles. The van der Waals surface area contributed by atoms with Gasteiger partial charge in [-0.05, 0) is 48.9 Å². The summed E-state index contributed by atoms with van der Waals surface area (Å²) < 4.78 is 0. The van der Waals surface area contributed by atoms with Crippen LogP contribution in [-0.4, -0.2) is 34.4 Å². The maximum atomic E-state index is 12.4. The third-order valence-corrected chi connectivity index (χ3v) is 4.09. The van der Waals surface area contributed by atoms with Gasteiger partial charge in [-0.15, -0.1) is 0 Å². The predicted octanol–water partition coefficient (Wildman–Crippen LogP) is 2.89. The Bertz CT molecular complexity index is 971. The number of anilines is 1. The zero-order valence-electron chi connectivity index (χ0n) is 14.3. The van der Waals surface area contributed by atoms with Crippen LogP contribution in [0.4, 0.5) is 10.5 Å². The first kappa shape index (κ1) is 18.5. The van der Waals surface area contributed by atoms with E-state index in [0.717, 1.165) is 10.5 Å². The lowest BCUT2D eigenvalue weighted by Gasteiger charge is -2.12. The van der Waals surface area contributed by atoms with Crippen molar-refractivity contribution in [2.45, 2.75) is 6.92 Å². The summed E-state index contributed by atoms with van der Waals surface area (Å²) in [6.45, 7) is 1.45. The average Bonchev–Trinajstić information content (AvgIpc) is 2.85. The molecule has 3 N–H and O–H groups in total. The van der Waals surface area contributed by atoms with Gasteiger partial charge in [0.05, 0.1) is 0 Å². The number of aromatic hydroxyl groups is 1. The minimum absolute atomic E-state index is 0.0547. The molecule has 1 fully saturated rings. The van der Waals surface area contributed by atoms with E-state index < -0.39 is 24.4 Å². The summed E-state index contributed by atoms with van der Waals surface area (Å²) in [5.41, 5.74) is 1.76. The molecular formula is C19H16ClN3O4. The molecule has 0 atom stereocenters. The Morgan fingerprint density at radius 3 is 2.78 bits per heavy atom. The van der Waals surface area contributed by atoms with E-state index in [-0.39, 0.29) is 17.0 Å². The van der Waals surface area contributed by atoms with Gasteiger partial charge in [0.1, 0.15) is 18.0 Å². The number of hydrogen-bond donors (Lipinski definition) is 3. The standard InChI is InChI=1S/C19H16ClN3O4/c1-11-3-2-4-14(7-11)21-17(25)10-23-18(26)15(22-19(23)27)9-12-8-13(20)5-6-16(12)24/h2-9,24H,10H2,1H3,(H,21,25)(H,22,27)/b15-9-. The Hall–Kier alpha value is -3.32. The van der Waals surface area contributed by atoms with E-state index in [1.165, 1.54) is 24.3 Å². The molecule has 138 valence electrons. The molecule has 8 heteroatoms. The maximum absolute atomic E-state index is 12.4. The van der Waals surface area contributed by atoms with Gasteiger partial charge < -0.3 is 15.7 Å². The highest BCUT2D eigenvalue weighted by Gasteiger charge is 2.35. The third kappa shape index (κ3) is 4.27. The number of nitrogens with zero attached hydrogens (tertiary/aromatic N) is 1. The molecule has 0 saturated carbocycles. The normalized spacial score (nSPS) is 15.2. The van der Waals surface area contributed by atoms with Crippen LogP contribution < -0.4 is 10.6 Å². The van der Waals surface area contributed by atoms with Crippen LogP contribution >= 0.6 is 11.6 Å². The second-order valence-electron chi connectivity index (χ2n) is 6.00. The number of phenolic OH excluding ortho intramolecular Hbond substituents is 1. The second-order valence-corrected chi connectivity index (χ2v) is 6.44. The molecule has 1 saturated heterocycles. The number of nitrogens with one attached hydrogen (secondary N) is 2. The summed E-state index contributed by atoms with van der Waals surface area (Å²) in [4.78, 5) is 37.5. The van der Waals surface area contributed by atoms with Gasteiger partial charge in [0.2, 0.25) is 5.91 Å². The largest absolute Gasteiger partial charge is 0.507 e. The first-order chi connectivity index (χ1) is 12.8. The Labute approximate surface area is 160 Å². The molecule has 7 nitrogen and oxygen atoms in total. The molecule has 2 aromatic rings. The molecule has 3 rings (SSSR count). The van der Waals surface area contributed by atoms with Crippen molar-refractivity contribution >= 4 is 41.2 Å². The molecule has 0 bridgehead atoms. The zero-order chi connectivity index (χ0) is 19.6. The van der Waals surface area contributed by atoms with Crippen LogP contribution in [0.25, 0.3) is 6.08 Å². The van der Waals surface area contributed by atoms with Crippen LogP contribution in [0.1, 0.15) is 11.1 Å². The highest BCUT2D eigenvalue weighted by atomic mass is 35.5. The number of phenols is 1. The van der Waals surface area contributed by atoms with E-state index >= 15 is 0 Å². The van der Waals surface area contributed by atoms with Gasteiger partial charge in [0.15, 0.2) is 0 Å². The van der Waals surface area contributed by atoms with Gasteiger partial charge in [-0.3, -0.25) is 9.59 Å². The van der Waals surface area contributed by atoms with E-state index in [1.807, 2.05) is 13.0 Å². The fraction of sp³-hybridized carbons (Fsp3) is 0.105. The highest BCUT2D eigenvalue weighted by molar-refractivity contribution is 6.30. The van der Waals surface area contributed by atoms with Crippen molar-refractivity contribution in [1.29, 1.82) is 0 Å². The molecule has 0 aliphatic carbocycles. The Balaban J connectivity index is 1.73. The smallest absolute Gasteiger partial charge is 0.329 e. The first-order valence-electron chi connectivity index (χ1n) is 8.03. The predicted molar refractivity (Wildman–Crippen MR) is 101 cm³/mol. The summed E-state index contributed by atoms with van der Waals surface area (Å²) >= 11 is 5.88. The number of urea groups is 1. The number of benzene rings is 2. The SMILES string of the molecule is Cc1cccc(NC(=O)CN2C(=O)N/C(=C\c3cc(Cl)ccc3O)C2=O)c1. The molecule has 0 spiro atoms. The van der Waals surface area contributed by atoms with Gasteiger partial charge in [0, 0.05) is 16.3 Å². The number of carbonyl (C=O) groups is 3. The third-order valence-electron chi connectivity index (χ3n) is 3.86. The summed E-state index contributed by atoms with van der Waals surface area (Å²) in [6, 6.07) is 10.8. The minimum atomic E-state index is -0.716. The molecule has 0 radical (unpaired) electrons. The van der Waals surface area contributed by atoms with Crippen molar-refractivity contribution in [3.05, 3.63) is 64.3 Å². The molecule has 27 heavy (non-hydrogen) atoms. The second kappa shape index (κ2) is 7.51. The first-order valence-corrected chi connectivity index (χ1v) is 8.41. The molecule has 0 aromatic heterocycles. The number of halogens is 1. The molecule has 1 aliphatic rings. The quantitative estimate of drug-likeness (QED) is 0.556. The van der Waals surface area contributed by atoms with Gasteiger partial charge >= 0.3 is 6.03 Å². The van der Waals surface area contributed by atoms with Crippen LogP contribution in [-0.2, 0) is 9.59 Å². The lowest BCUT2D eigenvalue weighted by Crippen LogP contribution is -2.38. The van der Waals surface area contributed by atoms with E-state index in [1.54, 1.807) is 18.2 Å². The molecule has 0 unspecified atom stereocenters. The van der Waals surface area contributed by atoms with E-state index in [2.05, 4.69) is 10.6 Å². The Morgan fingerprint density at radius 2 is 2.04 bits per heavy atom. The van der Waals surface area contributed by atoms with Crippen LogP contribution in [0.15, 0.2) is 48.2 Å². The minimum Gasteiger partial charge on any atom is -0.507 e. The number of carbonyl (C=O) groups excluding carboxylic acids is 3. The fourth-order valence-corrected chi connectivity index (χ4v) is 2.76. The highest BCUT2D eigenvalue weighted by Crippen LogP contribution is 2.25. The average molecular weight is 386 g/mol. The number of aryl methyl sites for hydroxylation is 1. The number of amides is 4. The molecular weight excluding hydrogens is 370 g/mol. The van der Waals surface area contributed by atoms with Gasteiger partial charge in [-0.1, -0.05) is 23.7 Å². The molecule has 1 aliphatic heterocycles. The molecule has 1 heterocycles. The van der Waals surface area contributed by atoms with Crippen molar-refractivity contribution in [1.82, 2.24) is 10.2 Å². The van der Waals surface area contributed by atoms with Crippen LogP contribution in [0.2, 0.25) is 5.02 Å². The lowest BCUT2D eigenvalue weighted by atomic mass is 10.1. The van der Waals surface area contributed by atoms with Crippen LogP contribution in [0, 0.1) is 6.92 Å². The summed E-state index contributed by atoms with van der Waals surface area (Å²) in [5.74, 6) is -1.26. The zero-order valence-corrected chi connectivity index (χ0v) is 15.1. The summed E-state index contributed by atoms with van der Waals surface area (Å²) in [5, 5.41) is 15.2. The van der Waals surface area contributed by atoms with E-state index in [0.29, 0.717) is 10.7 Å². The summed E-state index contributed by atoms with van der Waals surface area (Å²) in [7, 11) is 0. The number of rotatable bonds is 4. The number of imide groups is 1. The van der Waals surface area contributed by atoms with Crippen LogP contribution in [0.3, 0.4) is 0 Å². The topological polar surface area (TPSA) is 98.7 Å². The monoisotopic (exact) mass is 385 g/mol. The molecule has 4 amide bonds. The van der Waals surface area contributed by atoms with Crippen molar-refractivity contribution in [2.75, 3.05) is 11.9 Å². The Morgan fingerprint density at radius 1 is 1.26 bits per heavy atom. The van der Waals surface area contributed by atoms with Gasteiger partial charge in [-0.2, -0.15) is 0 Å². The van der Waals surface area contributed by atoms with Crippen molar-refractivity contribution in [2.24, 2.45) is 0 Å². The van der Waals surface area contributed by atoms with Crippen LogP contribution in [0.5, 0.6) is 5.75 Å². The van der Waals surface area contributed by atoms with E-state index in [9.17, 15) is 19.5 Å². The maximum Gasteiger partial charge on any atom is 0.329 e. The lowest BCUT2D eigenvalue weighted by molar-refractivity contribution is -0.127. The Kier molecular flexibility index (Phi) is 5.14. The van der Waals surface area contributed by atoms with Gasteiger partial charge in [-0.25, -0.2) is 9.69 Å².